The monoisotopic (exact) mass is 1150 g/mol. The second-order valence-electron chi connectivity index (χ2n) is 23.4. The summed E-state index contributed by atoms with van der Waals surface area (Å²) in [5.41, 5.74) is 0.555. The summed E-state index contributed by atoms with van der Waals surface area (Å²) in [7, 11) is 4.25. The molecule has 1 aromatic carbocycles. The van der Waals surface area contributed by atoms with Gasteiger partial charge in [0.1, 0.15) is 54.2 Å². The number of ketones is 2. The van der Waals surface area contributed by atoms with Crippen LogP contribution in [0.25, 0.3) is 0 Å². The standard InChI is InChI=1S/C59H89N7O16/c1-16-34(8)48-46(81-38(12)68)30-47(69)82-51(33(6)7)50(70)35(9)52(71)60-41(27-31(2)3)56(75)66-26-18-20-43(66)58(77)64(14)45(29-39-21-23-40(79-15)24-22-39)59(78)80-37(11)49(54(73)61-48)62-53(72)44(28-32(4)5)63(13)57(76)42-19-17-25-65(42)55(74)36(10)67/h21-24,31-35,37,41-46,48-49,51H,16-20,25-30H2,1-15H3,(H,60,71)(H,61,73)(H,62,72)/t34-,35-,37+,41-,42-,43-,44+,45-,46+,48-,49-,51-/m0/s1. The van der Waals surface area contributed by atoms with Gasteiger partial charge in [0.2, 0.25) is 41.2 Å². The van der Waals surface area contributed by atoms with Crippen LogP contribution < -0.4 is 20.7 Å². The fraction of sp³-hybridized carbons (Fsp3) is 0.695. The van der Waals surface area contributed by atoms with Crippen LogP contribution in [0.15, 0.2) is 24.3 Å². The minimum absolute atomic E-state index is 0.0364. The lowest BCUT2D eigenvalue weighted by molar-refractivity contribution is -0.166. The Bertz CT molecular complexity index is 2500. The van der Waals surface area contributed by atoms with E-state index in [-0.39, 0.29) is 57.0 Å². The Kier molecular flexibility index (Phi) is 25.0. The van der Waals surface area contributed by atoms with E-state index < -0.39 is 156 Å². The van der Waals surface area contributed by atoms with Crippen molar-refractivity contribution in [2.24, 2.45) is 29.6 Å². The Hall–Kier alpha value is -6.94. The first-order valence-corrected chi connectivity index (χ1v) is 28.7. The summed E-state index contributed by atoms with van der Waals surface area (Å²) in [6.45, 7) is 19.1. The molecule has 0 bridgehead atoms. The maximum absolute atomic E-state index is 15.3. The van der Waals surface area contributed by atoms with Gasteiger partial charge < -0.3 is 54.5 Å². The van der Waals surface area contributed by atoms with Crippen LogP contribution in [0.2, 0.25) is 0 Å². The molecule has 3 N–H and O–H groups in total. The number of likely N-dealkylation sites (N-methyl/N-ethyl adjacent to an activating group) is 2. The van der Waals surface area contributed by atoms with E-state index in [9.17, 15) is 47.9 Å². The number of rotatable bonds is 16. The number of nitrogens with zero attached hydrogens (tertiary/aromatic N) is 4. The number of likely N-dealkylation sites (tertiary alicyclic amines) is 1. The van der Waals surface area contributed by atoms with E-state index >= 15 is 9.59 Å². The van der Waals surface area contributed by atoms with Crippen molar-refractivity contribution in [3.05, 3.63) is 29.8 Å². The summed E-state index contributed by atoms with van der Waals surface area (Å²) in [5.74, 6) is -12.5. The van der Waals surface area contributed by atoms with E-state index in [0.717, 1.165) is 18.7 Å². The molecule has 3 aliphatic heterocycles. The molecule has 3 heterocycles. The lowest BCUT2D eigenvalue weighted by atomic mass is 9.91. The molecule has 0 radical (unpaired) electrons. The minimum Gasteiger partial charge on any atom is -0.497 e. The molecule has 12 atom stereocenters. The predicted octanol–water partition coefficient (Wildman–Crippen LogP) is 3.10. The average Bonchev–Trinajstić information content (AvgIpc) is 4.20. The van der Waals surface area contributed by atoms with E-state index in [1.165, 1.54) is 49.8 Å². The van der Waals surface area contributed by atoms with Crippen LogP contribution in [-0.2, 0) is 78.2 Å². The minimum atomic E-state index is -1.81. The third kappa shape index (κ3) is 17.5. The first-order valence-electron chi connectivity index (χ1n) is 28.7. The van der Waals surface area contributed by atoms with Gasteiger partial charge in [0, 0.05) is 47.5 Å². The summed E-state index contributed by atoms with van der Waals surface area (Å²) in [6, 6.07) is -2.47. The van der Waals surface area contributed by atoms with E-state index in [1.807, 2.05) is 13.8 Å². The summed E-state index contributed by atoms with van der Waals surface area (Å²) in [5, 5.41) is 8.34. The van der Waals surface area contributed by atoms with Gasteiger partial charge in [-0.2, -0.15) is 0 Å². The lowest BCUT2D eigenvalue weighted by Crippen LogP contribution is -2.62. The third-order valence-electron chi connectivity index (χ3n) is 15.7. The van der Waals surface area contributed by atoms with Gasteiger partial charge in [-0.1, -0.05) is 73.9 Å². The van der Waals surface area contributed by atoms with Crippen LogP contribution in [0, 0.1) is 29.6 Å². The van der Waals surface area contributed by atoms with Crippen molar-refractivity contribution < 1.29 is 76.5 Å². The van der Waals surface area contributed by atoms with Gasteiger partial charge in [0.25, 0.3) is 5.91 Å². The average molecular weight is 1150 g/mol. The zero-order chi connectivity index (χ0) is 61.6. The van der Waals surface area contributed by atoms with Gasteiger partial charge in [-0.15, -0.1) is 0 Å². The van der Waals surface area contributed by atoms with Crippen LogP contribution in [0.5, 0.6) is 5.75 Å². The van der Waals surface area contributed by atoms with Crippen molar-refractivity contribution in [1.29, 1.82) is 0 Å². The van der Waals surface area contributed by atoms with Gasteiger partial charge in [-0.3, -0.25) is 52.7 Å². The number of amides is 7. The van der Waals surface area contributed by atoms with Crippen molar-refractivity contribution >= 4 is 70.8 Å². The predicted molar refractivity (Wildman–Crippen MR) is 299 cm³/mol. The molecule has 3 aliphatic rings. The van der Waals surface area contributed by atoms with E-state index in [4.69, 9.17) is 18.9 Å². The van der Waals surface area contributed by atoms with E-state index in [0.29, 0.717) is 30.6 Å². The van der Waals surface area contributed by atoms with Gasteiger partial charge in [0.05, 0.1) is 25.5 Å². The van der Waals surface area contributed by atoms with Crippen LogP contribution in [0.4, 0.5) is 0 Å². The molecule has 3 saturated heterocycles. The van der Waals surface area contributed by atoms with Crippen LogP contribution in [0.1, 0.15) is 140 Å². The number of benzene rings is 1. The fourth-order valence-electron chi connectivity index (χ4n) is 10.8. The molecule has 1 aromatic rings. The zero-order valence-electron chi connectivity index (χ0n) is 50.6. The Morgan fingerprint density at radius 3 is 2.02 bits per heavy atom. The number of esters is 3. The first kappa shape index (κ1) is 67.6. The van der Waals surface area contributed by atoms with Gasteiger partial charge >= 0.3 is 17.9 Å². The zero-order valence-corrected chi connectivity index (χ0v) is 50.6. The smallest absolute Gasteiger partial charge is 0.329 e. The molecule has 4 rings (SSSR count). The van der Waals surface area contributed by atoms with E-state index in [1.54, 1.807) is 65.8 Å². The first-order chi connectivity index (χ1) is 38.4. The number of Topliss-reactive ketones (excluding diaryl/α,β-unsaturated/α-hetero) is 2. The van der Waals surface area contributed by atoms with E-state index in [2.05, 4.69) is 16.0 Å². The fourth-order valence-corrected chi connectivity index (χ4v) is 10.8. The molecule has 23 nitrogen and oxygen atoms in total. The van der Waals surface area contributed by atoms with Crippen LogP contribution in [0.3, 0.4) is 0 Å². The Morgan fingerprint density at radius 2 is 1.46 bits per heavy atom. The third-order valence-corrected chi connectivity index (χ3v) is 15.7. The van der Waals surface area contributed by atoms with Gasteiger partial charge in [-0.25, -0.2) is 4.79 Å². The molecule has 82 heavy (non-hydrogen) atoms. The second-order valence-corrected chi connectivity index (χ2v) is 23.4. The molecule has 7 amide bonds. The van der Waals surface area contributed by atoms with Crippen molar-refractivity contribution in [1.82, 2.24) is 35.6 Å². The van der Waals surface area contributed by atoms with Crippen molar-refractivity contribution in [2.45, 2.75) is 201 Å². The number of hydrogen-bond donors (Lipinski definition) is 3. The second kappa shape index (κ2) is 30.4. The molecule has 0 aliphatic carbocycles. The van der Waals surface area contributed by atoms with Crippen LogP contribution >= 0.6 is 0 Å². The number of ether oxygens (including phenoxy) is 4. The van der Waals surface area contributed by atoms with Gasteiger partial charge in [0.15, 0.2) is 11.9 Å². The molecule has 0 aromatic heterocycles. The van der Waals surface area contributed by atoms with Crippen molar-refractivity contribution in [3.8, 4) is 5.75 Å². The number of methoxy groups -OCH3 is 1. The molecular formula is C59H89N7O16. The topological polar surface area (TPSA) is 291 Å². The SMILES string of the molecule is CC[C@H](C)[C@@H]1NC(=O)[C@@H](NC(=O)[C@@H](CC(C)C)N(C)C(=O)[C@@H]2CCCN2C(=O)C(C)=O)[C@@H](C)OC(=O)[C@H](Cc2ccc(OC)cc2)N(C)C(=O)[C@@H]2CCCN2C(=O)[C@H](CC(C)C)NC(=O)[C@@H](C)C(=O)[C@H](C(C)C)OC(=O)C[C@H]1OC(C)=O. The van der Waals surface area contributed by atoms with Crippen molar-refractivity contribution in [2.75, 3.05) is 34.3 Å². The Morgan fingerprint density at radius 1 is 0.829 bits per heavy atom. The van der Waals surface area contributed by atoms with Gasteiger partial charge in [-0.05, 0) is 93.7 Å². The number of cyclic esters (lactones) is 2. The molecule has 23 heteroatoms. The molecule has 0 saturated carbocycles. The highest BCUT2D eigenvalue weighted by Crippen LogP contribution is 2.28. The highest BCUT2D eigenvalue weighted by Gasteiger charge is 2.46. The Labute approximate surface area is 482 Å². The van der Waals surface area contributed by atoms with Crippen LogP contribution in [-0.4, -0.2) is 185 Å². The molecule has 456 valence electrons. The summed E-state index contributed by atoms with van der Waals surface area (Å²) in [4.78, 5) is 175. The van der Waals surface area contributed by atoms with Crippen molar-refractivity contribution in [3.63, 3.8) is 0 Å². The molecule has 3 fully saturated rings. The molecular weight excluding hydrogens is 1060 g/mol. The number of carbonyl (C=O) groups is 12. The highest BCUT2D eigenvalue weighted by atomic mass is 16.6. The number of hydrogen-bond acceptors (Lipinski definition) is 16. The number of nitrogens with one attached hydrogen (secondary N) is 3. The molecule has 0 spiro atoms. The quantitative estimate of drug-likeness (QED) is 0.0928. The Balaban J connectivity index is 1.94. The largest absolute Gasteiger partial charge is 0.497 e. The summed E-state index contributed by atoms with van der Waals surface area (Å²) >= 11 is 0. The summed E-state index contributed by atoms with van der Waals surface area (Å²) < 4.78 is 23.1. The normalized spacial score (nSPS) is 26.6. The lowest BCUT2D eigenvalue weighted by Gasteiger charge is -2.36. The maximum Gasteiger partial charge on any atom is 0.329 e. The number of fused-ring (bicyclic) bond motifs is 1. The maximum atomic E-state index is 15.3. The highest BCUT2D eigenvalue weighted by molar-refractivity contribution is 6.35. The summed E-state index contributed by atoms with van der Waals surface area (Å²) in [6.07, 6.45) is -3.73. The number of carbonyl (C=O) groups excluding carboxylic acids is 12. The molecule has 0 unspecified atom stereocenters.